The summed E-state index contributed by atoms with van der Waals surface area (Å²) in [6, 6.07) is 0. The first kappa shape index (κ1) is 7.25. The molecule has 1 aliphatic heterocycles. The number of thiol groups is 1. The van der Waals surface area contributed by atoms with Crippen LogP contribution in [0.1, 0.15) is 13.3 Å². The quantitative estimate of drug-likeness (QED) is 0.428. The summed E-state index contributed by atoms with van der Waals surface area (Å²) in [6.07, 6.45) is 1.10. The zero-order valence-corrected chi connectivity index (χ0v) is 6.40. The molecule has 1 fully saturated rings. The van der Waals surface area contributed by atoms with Gasteiger partial charge in [0.2, 0.25) is 0 Å². The van der Waals surface area contributed by atoms with Crippen LogP contribution in [0.25, 0.3) is 0 Å². The van der Waals surface area contributed by atoms with Crippen LogP contribution in [-0.2, 0) is 4.74 Å². The highest BCUT2D eigenvalue weighted by Gasteiger charge is 2.11. The summed E-state index contributed by atoms with van der Waals surface area (Å²) in [5.41, 5.74) is 0. The van der Waals surface area contributed by atoms with Crippen LogP contribution in [0.4, 0.5) is 0 Å². The van der Waals surface area contributed by atoms with Crippen molar-refractivity contribution in [1.82, 2.24) is 0 Å². The Balaban J connectivity index is 2.35. The smallest absolute Gasteiger partial charge is 0.0667 e. The standard InChI is InChI=1S/C6H12O2S/c1-5(7)9-6-2-3-8-4-6/h6-7,9H,2-4H2,1H3/t6-/m0/s1. The van der Waals surface area contributed by atoms with Crippen LogP contribution < -0.4 is 0 Å². The molecule has 1 atom stereocenters. The van der Waals surface area contributed by atoms with Crippen molar-refractivity contribution in [3.8, 4) is 0 Å². The van der Waals surface area contributed by atoms with Gasteiger partial charge in [-0.05, 0) is 13.3 Å². The van der Waals surface area contributed by atoms with Crippen LogP contribution in [0, 0.1) is 0 Å². The van der Waals surface area contributed by atoms with Crippen molar-refractivity contribution in [1.29, 1.82) is 0 Å². The number of aliphatic hydroxyl groups excluding tert-OH is 1. The average molecular weight is 148 g/mol. The second kappa shape index (κ2) is 3.34. The number of rotatable bonds is 1. The number of hydrogen-bond acceptors (Lipinski definition) is 1. The van der Waals surface area contributed by atoms with Crippen LogP contribution in [0.2, 0.25) is 0 Å². The molecule has 9 heavy (non-hydrogen) atoms. The largest absolute Gasteiger partial charge is 0.380 e. The van der Waals surface area contributed by atoms with Gasteiger partial charge >= 0.3 is 0 Å². The van der Waals surface area contributed by atoms with Crippen LogP contribution in [0.3, 0.4) is 0 Å². The third-order valence-corrected chi connectivity index (χ3v) is 2.42. The van der Waals surface area contributed by atoms with Crippen molar-refractivity contribution in [3.63, 3.8) is 0 Å². The molecule has 1 aliphatic rings. The predicted molar refractivity (Wildman–Crippen MR) is 41.5 cm³/mol. The molecule has 2 nitrogen and oxygen atoms in total. The maximum absolute atomic E-state index is 8.86. The van der Waals surface area contributed by atoms with Gasteiger partial charge in [-0.25, -0.2) is 0 Å². The first-order valence-electron chi connectivity index (χ1n) is 3.10. The summed E-state index contributed by atoms with van der Waals surface area (Å²) >= 11 is 1.05. The number of hydrogen-bond donors (Lipinski definition) is 2. The zero-order valence-electron chi connectivity index (χ0n) is 5.50. The molecule has 0 unspecified atom stereocenters. The molecule has 0 amide bonds. The second-order valence-corrected chi connectivity index (χ2v) is 3.83. The molecule has 1 N–H and O–H groups in total. The van der Waals surface area contributed by atoms with Crippen LogP contribution >= 0.6 is 11.4 Å². The van der Waals surface area contributed by atoms with Crippen molar-refractivity contribution in [2.24, 2.45) is 0 Å². The van der Waals surface area contributed by atoms with E-state index < -0.39 is 0 Å². The van der Waals surface area contributed by atoms with Crippen molar-refractivity contribution >= 4 is 16.4 Å². The average Bonchev–Trinajstić information content (AvgIpc) is 2.15. The van der Waals surface area contributed by atoms with E-state index in [2.05, 4.69) is 0 Å². The Morgan fingerprint density at radius 2 is 2.56 bits per heavy atom. The van der Waals surface area contributed by atoms with Crippen LogP contribution in [-0.4, -0.2) is 28.6 Å². The van der Waals surface area contributed by atoms with E-state index >= 15 is 0 Å². The number of aliphatic hydroxyl groups is 1. The minimum atomic E-state index is 0.505. The highest BCUT2D eigenvalue weighted by molar-refractivity contribution is 7.99. The maximum atomic E-state index is 8.86. The summed E-state index contributed by atoms with van der Waals surface area (Å²) in [5, 5.41) is 9.92. The van der Waals surface area contributed by atoms with Gasteiger partial charge in [-0.2, -0.15) is 11.4 Å². The molecule has 0 spiro atoms. The third kappa shape index (κ3) is 2.47. The normalized spacial score (nSPS) is 30.0. The second-order valence-electron chi connectivity index (χ2n) is 2.19. The van der Waals surface area contributed by atoms with Crippen molar-refractivity contribution < 1.29 is 9.84 Å². The van der Waals surface area contributed by atoms with E-state index in [1.54, 1.807) is 6.92 Å². The lowest BCUT2D eigenvalue weighted by Crippen LogP contribution is -1.99. The molecule has 0 saturated carbocycles. The highest BCUT2D eigenvalue weighted by atomic mass is 32.1. The fourth-order valence-corrected chi connectivity index (χ4v) is 1.83. The summed E-state index contributed by atoms with van der Waals surface area (Å²) in [6.45, 7) is 3.42. The summed E-state index contributed by atoms with van der Waals surface area (Å²) in [5.74, 6) is 0. The lowest BCUT2D eigenvalue weighted by molar-refractivity contribution is 0.199. The molecule has 54 valence electrons. The van der Waals surface area contributed by atoms with Gasteiger partial charge < -0.3 is 9.84 Å². The van der Waals surface area contributed by atoms with Gasteiger partial charge in [0.1, 0.15) is 0 Å². The molecule has 0 bridgehead atoms. The molecular weight excluding hydrogens is 136 g/mol. The Labute approximate surface area is 58.8 Å². The van der Waals surface area contributed by atoms with Crippen molar-refractivity contribution in [2.75, 3.05) is 13.2 Å². The van der Waals surface area contributed by atoms with Gasteiger partial charge in [-0.1, -0.05) is 0 Å². The first-order chi connectivity index (χ1) is 4.29. The van der Waals surface area contributed by atoms with E-state index in [9.17, 15) is 0 Å². The molecular formula is C6H12O2S. The Morgan fingerprint density at radius 3 is 3.00 bits per heavy atom. The third-order valence-electron chi connectivity index (χ3n) is 1.28. The van der Waals surface area contributed by atoms with E-state index in [4.69, 9.17) is 9.84 Å². The van der Waals surface area contributed by atoms with Gasteiger partial charge in [0, 0.05) is 11.9 Å². The maximum Gasteiger partial charge on any atom is 0.0667 e. The van der Waals surface area contributed by atoms with E-state index in [0.29, 0.717) is 10.3 Å². The van der Waals surface area contributed by atoms with E-state index in [0.717, 1.165) is 31.0 Å². The zero-order chi connectivity index (χ0) is 6.69. The van der Waals surface area contributed by atoms with Crippen molar-refractivity contribution in [2.45, 2.75) is 18.6 Å². The SMILES string of the molecule is CC(O)=[SH][C@H]1CCOC1. The van der Waals surface area contributed by atoms with E-state index in [-0.39, 0.29) is 0 Å². The molecule has 0 aliphatic carbocycles. The Morgan fingerprint density at radius 1 is 1.78 bits per heavy atom. The molecule has 3 heteroatoms. The van der Waals surface area contributed by atoms with Gasteiger partial charge in [-0.3, -0.25) is 0 Å². The fourth-order valence-electron chi connectivity index (χ4n) is 0.888. The Hall–Kier alpha value is 0.140. The summed E-state index contributed by atoms with van der Waals surface area (Å²) in [4.78, 5) is 0. The molecule has 0 aromatic carbocycles. The first-order valence-corrected chi connectivity index (χ1v) is 4.06. The predicted octanol–water partition coefficient (Wildman–Crippen LogP) is 0.949. The highest BCUT2D eigenvalue weighted by Crippen LogP contribution is 2.14. The number of ether oxygens (including phenoxy) is 1. The molecule has 1 heterocycles. The Kier molecular flexibility index (Phi) is 2.69. The van der Waals surface area contributed by atoms with Gasteiger partial charge in [-0.15, -0.1) is 0 Å². The topological polar surface area (TPSA) is 29.5 Å². The van der Waals surface area contributed by atoms with E-state index in [1.165, 1.54) is 0 Å². The van der Waals surface area contributed by atoms with Gasteiger partial charge in [0.25, 0.3) is 0 Å². The molecule has 0 radical (unpaired) electrons. The van der Waals surface area contributed by atoms with Crippen molar-refractivity contribution in [3.05, 3.63) is 0 Å². The minimum absolute atomic E-state index is 0.505. The van der Waals surface area contributed by atoms with E-state index in [1.807, 2.05) is 0 Å². The monoisotopic (exact) mass is 148 g/mol. The molecule has 1 saturated heterocycles. The lowest BCUT2D eigenvalue weighted by Gasteiger charge is -1.98. The summed E-state index contributed by atoms with van der Waals surface area (Å²) < 4.78 is 5.13. The lowest BCUT2D eigenvalue weighted by atomic mass is 10.4. The van der Waals surface area contributed by atoms with Crippen LogP contribution in [0.5, 0.6) is 0 Å². The van der Waals surface area contributed by atoms with Gasteiger partial charge in [0.05, 0.1) is 11.7 Å². The fraction of sp³-hybridized carbons (Fsp3) is 0.833. The van der Waals surface area contributed by atoms with Crippen LogP contribution in [0.15, 0.2) is 0 Å². The summed E-state index contributed by atoms with van der Waals surface area (Å²) in [7, 11) is 0. The molecule has 1 rings (SSSR count). The molecule has 0 aromatic heterocycles. The minimum Gasteiger partial charge on any atom is -0.380 e. The molecule has 0 aromatic rings. The Bertz CT molecular complexity index is 112. The van der Waals surface area contributed by atoms with Gasteiger partial charge in [0.15, 0.2) is 0 Å².